The van der Waals surface area contributed by atoms with Crippen molar-refractivity contribution in [2.24, 2.45) is 10.2 Å². The zero-order chi connectivity index (χ0) is 27.7. The molecule has 0 radical (unpaired) electrons. The molecule has 38 heavy (non-hydrogen) atoms. The number of benzene rings is 2. The molecule has 0 saturated heterocycles. The predicted molar refractivity (Wildman–Crippen MR) is 138 cm³/mol. The zero-order valence-electron chi connectivity index (χ0n) is 20.1. The van der Waals surface area contributed by atoms with Gasteiger partial charge in [-0.3, -0.25) is 10.1 Å². The van der Waals surface area contributed by atoms with Crippen LogP contribution >= 0.6 is 11.3 Å². The van der Waals surface area contributed by atoms with Crippen molar-refractivity contribution in [3.8, 4) is 6.07 Å². The maximum Gasteiger partial charge on any atom is 0.341 e. The lowest BCUT2D eigenvalue weighted by Gasteiger charge is -2.24. The molecule has 0 aliphatic heterocycles. The molecule has 0 amide bonds. The molecule has 0 saturated carbocycles. The van der Waals surface area contributed by atoms with Crippen molar-refractivity contribution in [1.82, 2.24) is 0 Å². The molecule has 1 aromatic heterocycles. The highest BCUT2D eigenvalue weighted by Gasteiger charge is 2.23. The van der Waals surface area contributed by atoms with Gasteiger partial charge in [-0.25, -0.2) is 4.79 Å². The first kappa shape index (κ1) is 28.4. The van der Waals surface area contributed by atoms with Gasteiger partial charge in [0.15, 0.2) is 5.00 Å². The van der Waals surface area contributed by atoms with Crippen molar-refractivity contribution in [3.05, 3.63) is 75.8 Å². The van der Waals surface area contributed by atoms with Gasteiger partial charge in [0.05, 0.1) is 34.6 Å². The molecular formula is C24H22FN5O6S2. The number of thiophene rings is 1. The van der Waals surface area contributed by atoms with Gasteiger partial charge >= 0.3 is 21.2 Å². The van der Waals surface area contributed by atoms with Crippen molar-refractivity contribution in [3.63, 3.8) is 0 Å². The van der Waals surface area contributed by atoms with Gasteiger partial charge in [-0.1, -0.05) is 12.1 Å². The van der Waals surface area contributed by atoms with E-state index in [9.17, 15) is 27.2 Å². The van der Waals surface area contributed by atoms with Gasteiger partial charge < -0.3 is 9.64 Å². The number of azo groups is 1. The lowest BCUT2D eigenvalue weighted by molar-refractivity contribution is -0.380. The van der Waals surface area contributed by atoms with Crippen molar-refractivity contribution in [2.45, 2.75) is 24.7 Å². The number of nitrogens with zero attached hydrogens (tertiary/aromatic N) is 5. The topological polar surface area (TPSA) is 155 Å². The number of esters is 1. The normalized spacial score (nSPS) is 11.3. The van der Waals surface area contributed by atoms with Crippen LogP contribution in [0.1, 0.15) is 29.3 Å². The summed E-state index contributed by atoms with van der Waals surface area (Å²) in [4.78, 5) is 24.2. The number of hydrogen-bond donors (Lipinski definition) is 0. The smallest absolute Gasteiger partial charge is 0.341 e. The number of anilines is 1. The number of rotatable bonds is 12. The summed E-state index contributed by atoms with van der Waals surface area (Å²) in [7, 11) is -4.76. The Balaban J connectivity index is 1.74. The summed E-state index contributed by atoms with van der Waals surface area (Å²) in [5.41, 5.74) is 1.99. The van der Waals surface area contributed by atoms with E-state index in [2.05, 4.69) is 16.3 Å². The molecule has 3 aromatic rings. The molecule has 0 fully saturated rings. The second-order valence-corrected chi connectivity index (χ2v) is 10.1. The fourth-order valence-corrected chi connectivity index (χ4v) is 4.60. The van der Waals surface area contributed by atoms with Crippen molar-refractivity contribution in [1.29, 1.82) is 5.26 Å². The second-order valence-electron chi connectivity index (χ2n) is 7.72. The number of halogens is 1. The van der Waals surface area contributed by atoms with Crippen LogP contribution in [0.5, 0.6) is 0 Å². The lowest BCUT2D eigenvalue weighted by Crippen LogP contribution is -2.26. The Hall–Kier alpha value is -4.22. The van der Waals surface area contributed by atoms with Gasteiger partial charge in [0, 0.05) is 24.8 Å². The highest BCUT2D eigenvalue weighted by Crippen LogP contribution is 2.37. The van der Waals surface area contributed by atoms with Crippen LogP contribution in [0.4, 0.5) is 25.3 Å². The number of nitro groups is 1. The Labute approximate surface area is 222 Å². The zero-order valence-corrected chi connectivity index (χ0v) is 21.7. The van der Waals surface area contributed by atoms with Gasteiger partial charge in [-0.2, -0.15) is 13.7 Å². The first-order valence-corrected chi connectivity index (χ1v) is 13.4. The molecule has 0 N–H and O–H groups in total. The second kappa shape index (κ2) is 12.8. The molecule has 3 rings (SSSR count). The molecule has 198 valence electrons. The monoisotopic (exact) mass is 559 g/mol. The Bertz CT molecular complexity index is 1470. The summed E-state index contributed by atoms with van der Waals surface area (Å²) in [5, 5.41) is 28.1. The highest BCUT2D eigenvalue weighted by molar-refractivity contribution is 7.86. The SMILES string of the molecule is CCOC(=O)c1cc([N+](=O)[O-])sc1N=Nc1ccc(N(CCC#N)CCc2ccc(S(=O)(=O)F)cc2)cc1. The van der Waals surface area contributed by atoms with E-state index in [-0.39, 0.29) is 28.6 Å². The van der Waals surface area contributed by atoms with Crippen LogP contribution in [0, 0.1) is 21.4 Å². The number of carbonyl (C=O) groups is 1. The first-order chi connectivity index (χ1) is 18.1. The van der Waals surface area contributed by atoms with Crippen molar-refractivity contribution < 1.29 is 26.8 Å². The molecule has 0 aliphatic rings. The van der Waals surface area contributed by atoms with E-state index >= 15 is 0 Å². The molecule has 1 heterocycles. The van der Waals surface area contributed by atoms with E-state index in [0.717, 1.165) is 17.3 Å². The molecule has 2 aromatic carbocycles. The number of hydrogen-bond acceptors (Lipinski definition) is 11. The fourth-order valence-electron chi connectivity index (χ4n) is 3.36. The Morgan fingerprint density at radius 2 is 1.84 bits per heavy atom. The Morgan fingerprint density at radius 3 is 2.42 bits per heavy atom. The maximum atomic E-state index is 13.1. The van der Waals surface area contributed by atoms with E-state index in [0.29, 0.717) is 36.5 Å². The molecular weight excluding hydrogens is 537 g/mol. The van der Waals surface area contributed by atoms with E-state index in [1.54, 1.807) is 31.2 Å². The molecule has 0 unspecified atom stereocenters. The summed E-state index contributed by atoms with van der Waals surface area (Å²) in [5.74, 6) is -0.727. The minimum absolute atomic E-state index is 0.0382. The summed E-state index contributed by atoms with van der Waals surface area (Å²) in [6, 6.07) is 15.6. The molecule has 0 bridgehead atoms. The van der Waals surface area contributed by atoms with E-state index < -0.39 is 26.0 Å². The molecule has 11 nitrogen and oxygen atoms in total. The minimum atomic E-state index is -4.76. The Kier molecular flexibility index (Phi) is 9.58. The Morgan fingerprint density at radius 1 is 1.16 bits per heavy atom. The average molecular weight is 560 g/mol. The lowest BCUT2D eigenvalue weighted by atomic mass is 10.1. The quantitative estimate of drug-likeness (QED) is 0.0877. The summed E-state index contributed by atoms with van der Waals surface area (Å²) < 4.78 is 40.0. The van der Waals surface area contributed by atoms with Crippen LogP contribution in [0.15, 0.2) is 69.7 Å². The van der Waals surface area contributed by atoms with Gasteiger partial charge in [0.2, 0.25) is 0 Å². The van der Waals surface area contributed by atoms with Crippen LogP contribution in [-0.4, -0.2) is 39.0 Å². The van der Waals surface area contributed by atoms with E-state index in [1.807, 2.05) is 4.90 Å². The van der Waals surface area contributed by atoms with Crippen LogP contribution in [0.25, 0.3) is 0 Å². The van der Waals surface area contributed by atoms with Crippen molar-refractivity contribution in [2.75, 3.05) is 24.6 Å². The van der Waals surface area contributed by atoms with E-state index in [1.165, 1.54) is 24.3 Å². The minimum Gasteiger partial charge on any atom is -0.462 e. The highest BCUT2D eigenvalue weighted by atomic mass is 32.3. The average Bonchev–Trinajstić information content (AvgIpc) is 3.33. The third kappa shape index (κ3) is 7.64. The number of carbonyl (C=O) groups excluding carboxylic acids is 1. The fraction of sp³-hybridized carbons (Fsp3) is 0.250. The van der Waals surface area contributed by atoms with Crippen molar-refractivity contribution >= 4 is 48.9 Å². The standard InChI is InChI=1S/C24H22FN5O6S2/c1-2-36-24(31)21-16-22(30(32)33)37-23(21)28-27-18-6-8-19(9-7-18)29(14-3-13-26)15-12-17-4-10-20(11-5-17)38(25,34)35/h4-11,16H,2-3,12,14-15H2,1H3. The summed E-state index contributed by atoms with van der Waals surface area (Å²) in [6.45, 7) is 2.67. The molecule has 0 aliphatic carbocycles. The van der Waals surface area contributed by atoms with E-state index in [4.69, 9.17) is 10.00 Å². The van der Waals surface area contributed by atoms with Gasteiger partial charge in [0.1, 0.15) is 5.56 Å². The van der Waals surface area contributed by atoms with Crippen LogP contribution in [0.2, 0.25) is 0 Å². The first-order valence-electron chi connectivity index (χ1n) is 11.2. The number of ether oxygens (including phenoxy) is 1. The number of nitriles is 1. The van der Waals surface area contributed by atoms with Crippen LogP contribution in [0.3, 0.4) is 0 Å². The predicted octanol–water partition coefficient (Wildman–Crippen LogP) is 5.87. The maximum absolute atomic E-state index is 13.1. The largest absolute Gasteiger partial charge is 0.462 e. The molecule has 14 heteroatoms. The third-order valence-corrected chi connectivity index (χ3v) is 7.02. The summed E-state index contributed by atoms with van der Waals surface area (Å²) >= 11 is 0.711. The van der Waals surface area contributed by atoms with Gasteiger partial charge in [0.25, 0.3) is 0 Å². The van der Waals surface area contributed by atoms with Gasteiger partial charge in [-0.15, -0.1) is 14.1 Å². The third-order valence-electron chi connectivity index (χ3n) is 5.21. The molecule has 0 spiro atoms. The van der Waals surface area contributed by atoms with Gasteiger partial charge in [-0.05, 0) is 66.6 Å². The molecule has 0 atom stereocenters. The van der Waals surface area contributed by atoms with Crippen LogP contribution < -0.4 is 4.90 Å². The summed E-state index contributed by atoms with van der Waals surface area (Å²) in [6.07, 6.45) is 0.793. The van der Waals surface area contributed by atoms with Crippen LogP contribution in [-0.2, 0) is 21.4 Å².